The monoisotopic (exact) mass is 393 g/mol. The zero-order valence-corrected chi connectivity index (χ0v) is 16.2. The zero-order valence-electron chi connectivity index (χ0n) is 16.2. The van der Waals surface area contributed by atoms with E-state index in [2.05, 4.69) is 30.3 Å². The number of ether oxygens (including phenoxy) is 1. The van der Waals surface area contributed by atoms with E-state index in [9.17, 15) is 4.79 Å². The molecule has 1 amide bonds. The van der Waals surface area contributed by atoms with Crippen LogP contribution in [0.15, 0.2) is 49.3 Å². The molecule has 3 heterocycles. The molecular formula is C20H23N7O2. The summed E-state index contributed by atoms with van der Waals surface area (Å²) in [5, 5.41) is 7.15. The quantitative estimate of drug-likeness (QED) is 0.679. The molecule has 0 bridgehead atoms. The Morgan fingerprint density at radius 2 is 2.14 bits per heavy atom. The van der Waals surface area contributed by atoms with E-state index >= 15 is 0 Å². The van der Waals surface area contributed by atoms with Gasteiger partial charge in [0.2, 0.25) is 5.91 Å². The zero-order chi connectivity index (χ0) is 20.1. The van der Waals surface area contributed by atoms with Crippen molar-refractivity contribution in [2.24, 2.45) is 5.92 Å². The van der Waals surface area contributed by atoms with Gasteiger partial charge in [-0.05, 0) is 30.5 Å². The molecule has 9 nitrogen and oxygen atoms in total. The highest BCUT2D eigenvalue weighted by atomic mass is 16.5. The normalized spacial score (nSPS) is 16.4. The van der Waals surface area contributed by atoms with Crippen molar-refractivity contribution in [3.05, 3.63) is 54.9 Å². The number of benzene rings is 1. The number of anilines is 1. The molecule has 1 saturated heterocycles. The first-order chi connectivity index (χ1) is 14.2. The summed E-state index contributed by atoms with van der Waals surface area (Å²) in [6, 6.07) is 9.58. The second-order valence-corrected chi connectivity index (χ2v) is 6.93. The summed E-state index contributed by atoms with van der Waals surface area (Å²) < 4.78 is 6.83. The Morgan fingerprint density at radius 1 is 1.24 bits per heavy atom. The van der Waals surface area contributed by atoms with Crippen molar-refractivity contribution < 1.29 is 9.53 Å². The number of hydrogen-bond donors (Lipinski definition) is 1. The summed E-state index contributed by atoms with van der Waals surface area (Å²) in [7, 11) is 1.63. The van der Waals surface area contributed by atoms with Crippen LogP contribution < -0.4 is 15.0 Å². The van der Waals surface area contributed by atoms with Gasteiger partial charge in [-0.2, -0.15) is 5.10 Å². The number of aromatic nitrogens is 5. The number of amides is 1. The van der Waals surface area contributed by atoms with E-state index in [1.54, 1.807) is 18.1 Å². The Balaban J connectivity index is 1.39. The molecule has 1 aromatic carbocycles. The van der Waals surface area contributed by atoms with Gasteiger partial charge in [0.05, 0.1) is 13.0 Å². The largest absolute Gasteiger partial charge is 0.497 e. The summed E-state index contributed by atoms with van der Waals surface area (Å²) in [4.78, 5) is 27.4. The van der Waals surface area contributed by atoms with Gasteiger partial charge >= 0.3 is 0 Å². The molecule has 0 spiro atoms. The molecule has 0 aliphatic carbocycles. The van der Waals surface area contributed by atoms with Crippen molar-refractivity contribution in [2.75, 3.05) is 25.1 Å². The summed E-state index contributed by atoms with van der Waals surface area (Å²) in [5.41, 5.74) is 1.01. The van der Waals surface area contributed by atoms with E-state index in [0.29, 0.717) is 18.9 Å². The molecule has 1 N–H and O–H groups in total. The van der Waals surface area contributed by atoms with Crippen LogP contribution in [0.5, 0.6) is 5.75 Å². The van der Waals surface area contributed by atoms with E-state index in [1.165, 1.54) is 12.7 Å². The maximum Gasteiger partial charge on any atom is 0.225 e. The Morgan fingerprint density at radius 3 is 2.97 bits per heavy atom. The third kappa shape index (κ3) is 4.50. The van der Waals surface area contributed by atoms with E-state index in [1.807, 2.05) is 30.3 Å². The molecular weight excluding hydrogens is 370 g/mol. The van der Waals surface area contributed by atoms with Gasteiger partial charge < -0.3 is 15.0 Å². The first-order valence-electron chi connectivity index (χ1n) is 9.55. The lowest BCUT2D eigenvalue weighted by Gasteiger charge is -2.32. The standard InChI is InChI=1S/C20H23N7O2/c1-29-17-6-2-4-15(8-17)10-22-20(28)16-5-3-7-26(11-16)18-9-19(24-13-23-18)27-14-21-12-25-27/h2,4,6,8-9,12-14,16H,3,5,7,10-11H2,1H3,(H,22,28). The molecule has 29 heavy (non-hydrogen) atoms. The maximum absolute atomic E-state index is 12.7. The lowest BCUT2D eigenvalue weighted by Crippen LogP contribution is -2.43. The van der Waals surface area contributed by atoms with Gasteiger partial charge in [0.1, 0.15) is 30.5 Å². The molecule has 1 fully saturated rings. The van der Waals surface area contributed by atoms with Gasteiger partial charge in [0.25, 0.3) is 0 Å². The number of nitrogens with one attached hydrogen (secondary N) is 1. The molecule has 2 aromatic heterocycles. The molecule has 0 radical (unpaired) electrons. The molecule has 1 unspecified atom stereocenters. The summed E-state index contributed by atoms with van der Waals surface area (Å²) in [6.07, 6.45) is 6.36. The van der Waals surface area contributed by atoms with Crippen LogP contribution in [0.1, 0.15) is 18.4 Å². The predicted molar refractivity (Wildman–Crippen MR) is 107 cm³/mol. The fourth-order valence-corrected chi connectivity index (χ4v) is 3.48. The second-order valence-electron chi connectivity index (χ2n) is 6.93. The van der Waals surface area contributed by atoms with E-state index in [4.69, 9.17) is 4.74 Å². The molecule has 1 aliphatic rings. The van der Waals surface area contributed by atoms with Crippen LogP contribution in [0.4, 0.5) is 5.82 Å². The van der Waals surface area contributed by atoms with Crippen LogP contribution >= 0.6 is 0 Å². The molecule has 1 aliphatic heterocycles. The smallest absolute Gasteiger partial charge is 0.225 e. The Bertz CT molecular complexity index is 961. The van der Waals surface area contributed by atoms with E-state index in [-0.39, 0.29) is 11.8 Å². The van der Waals surface area contributed by atoms with Crippen molar-refractivity contribution in [1.29, 1.82) is 0 Å². The Labute approximate surface area is 168 Å². The minimum absolute atomic E-state index is 0.0584. The fourth-order valence-electron chi connectivity index (χ4n) is 3.48. The summed E-state index contributed by atoms with van der Waals surface area (Å²) >= 11 is 0. The highest BCUT2D eigenvalue weighted by Crippen LogP contribution is 2.23. The van der Waals surface area contributed by atoms with Gasteiger partial charge in [-0.1, -0.05) is 12.1 Å². The maximum atomic E-state index is 12.7. The highest BCUT2D eigenvalue weighted by molar-refractivity contribution is 5.79. The number of rotatable bonds is 6. The van der Waals surface area contributed by atoms with Gasteiger partial charge in [-0.25, -0.2) is 19.6 Å². The van der Waals surface area contributed by atoms with Crippen LogP contribution in [0.2, 0.25) is 0 Å². The fraction of sp³-hybridized carbons (Fsp3) is 0.350. The number of nitrogens with zero attached hydrogens (tertiary/aromatic N) is 6. The molecule has 3 aromatic rings. The van der Waals surface area contributed by atoms with Crippen molar-refractivity contribution in [3.63, 3.8) is 0 Å². The average Bonchev–Trinajstić information content (AvgIpc) is 3.33. The van der Waals surface area contributed by atoms with Crippen LogP contribution in [-0.4, -0.2) is 50.8 Å². The minimum Gasteiger partial charge on any atom is -0.497 e. The third-order valence-corrected chi connectivity index (χ3v) is 5.01. The molecule has 150 valence electrons. The third-order valence-electron chi connectivity index (χ3n) is 5.01. The van der Waals surface area contributed by atoms with Crippen LogP contribution in [0, 0.1) is 5.92 Å². The molecule has 1 atom stereocenters. The van der Waals surface area contributed by atoms with Gasteiger partial charge in [0.15, 0.2) is 5.82 Å². The number of methoxy groups -OCH3 is 1. The predicted octanol–water partition coefficient (Wildman–Crippen LogP) is 1.60. The SMILES string of the molecule is COc1cccc(CNC(=O)C2CCCN(c3cc(-n4cncn4)ncn3)C2)c1. The van der Waals surface area contributed by atoms with Crippen molar-refractivity contribution in [1.82, 2.24) is 30.0 Å². The van der Waals surface area contributed by atoms with E-state index in [0.717, 1.165) is 36.5 Å². The lowest BCUT2D eigenvalue weighted by molar-refractivity contribution is -0.125. The van der Waals surface area contributed by atoms with Gasteiger partial charge in [0, 0.05) is 25.7 Å². The topological polar surface area (TPSA) is 98.1 Å². The first-order valence-corrected chi connectivity index (χ1v) is 9.55. The molecule has 0 saturated carbocycles. The van der Waals surface area contributed by atoms with Crippen LogP contribution in [0.25, 0.3) is 5.82 Å². The number of carbonyl (C=O) groups excluding carboxylic acids is 1. The van der Waals surface area contributed by atoms with Crippen LogP contribution in [0.3, 0.4) is 0 Å². The van der Waals surface area contributed by atoms with Gasteiger partial charge in [-0.15, -0.1) is 0 Å². The first kappa shape index (κ1) is 18.9. The lowest BCUT2D eigenvalue weighted by atomic mass is 9.97. The summed E-state index contributed by atoms with van der Waals surface area (Å²) in [5.74, 6) is 2.20. The number of hydrogen-bond acceptors (Lipinski definition) is 7. The van der Waals surface area contributed by atoms with Crippen LogP contribution in [-0.2, 0) is 11.3 Å². The Hall–Kier alpha value is -3.49. The number of carbonyl (C=O) groups is 1. The van der Waals surface area contributed by atoms with Crippen molar-refractivity contribution >= 4 is 11.7 Å². The Kier molecular flexibility index (Phi) is 5.64. The van der Waals surface area contributed by atoms with E-state index < -0.39 is 0 Å². The highest BCUT2D eigenvalue weighted by Gasteiger charge is 2.26. The second kappa shape index (κ2) is 8.68. The average molecular weight is 393 g/mol. The minimum atomic E-state index is -0.0841. The summed E-state index contributed by atoms with van der Waals surface area (Å²) in [6.45, 7) is 1.96. The molecule has 4 rings (SSSR count). The van der Waals surface area contributed by atoms with Crippen molar-refractivity contribution in [3.8, 4) is 11.6 Å². The van der Waals surface area contributed by atoms with Gasteiger partial charge in [-0.3, -0.25) is 4.79 Å². The van der Waals surface area contributed by atoms with Crippen molar-refractivity contribution in [2.45, 2.75) is 19.4 Å². The molecule has 9 heteroatoms. The number of piperidine rings is 1.